The van der Waals surface area contributed by atoms with Crippen molar-refractivity contribution in [3.05, 3.63) is 76.9 Å². The van der Waals surface area contributed by atoms with Gasteiger partial charge in [-0.05, 0) is 42.3 Å². The van der Waals surface area contributed by atoms with Crippen LogP contribution in [0, 0.1) is 5.82 Å². The van der Waals surface area contributed by atoms with E-state index in [0.717, 1.165) is 42.2 Å². The minimum absolute atomic E-state index is 0.188. The van der Waals surface area contributed by atoms with E-state index >= 15 is 0 Å². The molecule has 1 amide bonds. The van der Waals surface area contributed by atoms with Gasteiger partial charge in [0.2, 0.25) is 5.91 Å². The molecule has 1 aliphatic heterocycles. The van der Waals surface area contributed by atoms with E-state index in [9.17, 15) is 9.18 Å². The summed E-state index contributed by atoms with van der Waals surface area (Å²) in [6.07, 6.45) is 1.58. The maximum Gasteiger partial charge on any atom is 0.227 e. The van der Waals surface area contributed by atoms with Crippen LogP contribution in [-0.2, 0) is 17.9 Å². The lowest BCUT2D eigenvalue weighted by atomic mass is 10.2. The number of rotatable bonds is 6. The predicted octanol–water partition coefficient (Wildman–Crippen LogP) is 4.97. The highest BCUT2D eigenvalue weighted by molar-refractivity contribution is 7.15. The van der Waals surface area contributed by atoms with Crippen LogP contribution in [0.2, 0.25) is 0 Å². The number of hydrogen-bond donors (Lipinski definition) is 1. The van der Waals surface area contributed by atoms with Gasteiger partial charge in [-0.25, -0.2) is 4.39 Å². The van der Waals surface area contributed by atoms with Crippen molar-refractivity contribution >= 4 is 22.9 Å². The molecular formula is C22H21FN2OS. The highest BCUT2D eigenvalue weighted by Gasteiger charge is 2.21. The molecule has 2 heterocycles. The van der Waals surface area contributed by atoms with Crippen LogP contribution in [-0.4, -0.2) is 12.5 Å². The van der Waals surface area contributed by atoms with Crippen LogP contribution in [0.3, 0.4) is 0 Å². The molecule has 0 unspecified atom stereocenters. The number of carbonyl (C=O) groups is 1. The molecule has 0 aliphatic carbocycles. The first kappa shape index (κ1) is 17.9. The highest BCUT2D eigenvalue weighted by Crippen LogP contribution is 2.30. The van der Waals surface area contributed by atoms with E-state index < -0.39 is 0 Å². The lowest BCUT2D eigenvalue weighted by Crippen LogP contribution is -2.23. The zero-order valence-corrected chi connectivity index (χ0v) is 15.8. The standard InChI is InChI=1S/C22H21FN2OS/c23-20-8-2-1-7-19(20)21-11-10-18(27-21)15-24-14-16-5-3-6-17(13-16)25-12-4-9-22(25)26/h1-3,5-8,10-11,13,24H,4,9,12,14-15H2. The molecular weight excluding hydrogens is 359 g/mol. The third-order valence-corrected chi connectivity index (χ3v) is 5.84. The molecule has 1 saturated heterocycles. The summed E-state index contributed by atoms with van der Waals surface area (Å²) in [6, 6.07) is 19.0. The van der Waals surface area contributed by atoms with E-state index in [2.05, 4.69) is 17.4 Å². The van der Waals surface area contributed by atoms with E-state index in [1.165, 1.54) is 10.9 Å². The topological polar surface area (TPSA) is 32.3 Å². The summed E-state index contributed by atoms with van der Waals surface area (Å²) in [5, 5.41) is 3.44. The second-order valence-electron chi connectivity index (χ2n) is 6.67. The number of carbonyl (C=O) groups excluding carboxylic acids is 1. The molecule has 3 aromatic rings. The summed E-state index contributed by atoms with van der Waals surface area (Å²) in [5.41, 5.74) is 2.78. The number of nitrogens with zero attached hydrogens (tertiary/aromatic N) is 1. The van der Waals surface area contributed by atoms with Gasteiger partial charge >= 0.3 is 0 Å². The second kappa shape index (κ2) is 8.03. The Kier molecular flexibility index (Phi) is 5.32. The fourth-order valence-electron chi connectivity index (χ4n) is 3.36. The van der Waals surface area contributed by atoms with Gasteiger partial charge in [0.15, 0.2) is 0 Å². The van der Waals surface area contributed by atoms with Crippen molar-refractivity contribution in [3.63, 3.8) is 0 Å². The normalized spacial score (nSPS) is 14.1. The Hall–Kier alpha value is -2.50. The summed E-state index contributed by atoms with van der Waals surface area (Å²) in [5.74, 6) is 0.0199. The van der Waals surface area contributed by atoms with Gasteiger partial charge in [0.05, 0.1) is 0 Å². The smallest absolute Gasteiger partial charge is 0.227 e. The molecule has 4 rings (SSSR count). The van der Waals surface area contributed by atoms with Gasteiger partial charge in [0, 0.05) is 47.1 Å². The Labute approximate surface area is 162 Å². The molecule has 3 nitrogen and oxygen atoms in total. The maximum atomic E-state index is 13.9. The maximum absolute atomic E-state index is 13.9. The van der Waals surface area contributed by atoms with E-state index in [-0.39, 0.29) is 11.7 Å². The van der Waals surface area contributed by atoms with Crippen LogP contribution >= 0.6 is 11.3 Å². The average Bonchev–Trinajstić information content (AvgIpc) is 3.31. The van der Waals surface area contributed by atoms with E-state index in [1.807, 2.05) is 41.3 Å². The first-order valence-corrected chi connectivity index (χ1v) is 9.96. The second-order valence-corrected chi connectivity index (χ2v) is 7.84. The van der Waals surface area contributed by atoms with Gasteiger partial charge in [0.25, 0.3) is 0 Å². The summed E-state index contributed by atoms with van der Waals surface area (Å²) in [4.78, 5) is 15.9. The Morgan fingerprint density at radius 2 is 1.93 bits per heavy atom. The minimum Gasteiger partial charge on any atom is -0.312 e. The summed E-state index contributed by atoms with van der Waals surface area (Å²) in [7, 11) is 0. The lowest BCUT2D eigenvalue weighted by Gasteiger charge is -2.16. The Bertz CT molecular complexity index is 953. The van der Waals surface area contributed by atoms with Crippen molar-refractivity contribution in [2.75, 3.05) is 11.4 Å². The quantitative estimate of drug-likeness (QED) is 0.655. The number of hydrogen-bond acceptors (Lipinski definition) is 3. The minimum atomic E-state index is -0.188. The molecule has 0 saturated carbocycles. The lowest BCUT2D eigenvalue weighted by molar-refractivity contribution is -0.117. The van der Waals surface area contributed by atoms with Gasteiger partial charge in [-0.2, -0.15) is 0 Å². The molecule has 1 fully saturated rings. The number of amides is 1. The van der Waals surface area contributed by atoms with Crippen LogP contribution in [0.25, 0.3) is 10.4 Å². The monoisotopic (exact) mass is 380 g/mol. The molecule has 0 radical (unpaired) electrons. The van der Waals surface area contributed by atoms with Crippen LogP contribution in [0.5, 0.6) is 0 Å². The number of anilines is 1. The summed E-state index contributed by atoms with van der Waals surface area (Å²) < 4.78 is 13.9. The van der Waals surface area contributed by atoms with Crippen molar-refractivity contribution in [1.29, 1.82) is 0 Å². The van der Waals surface area contributed by atoms with Crippen LogP contribution < -0.4 is 10.2 Å². The highest BCUT2D eigenvalue weighted by atomic mass is 32.1. The molecule has 2 aromatic carbocycles. The SMILES string of the molecule is O=C1CCCN1c1cccc(CNCc2ccc(-c3ccccc3F)s2)c1. The summed E-state index contributed by atoms with van der Waals surface area (Å²) >= 11 is 1.60. The number of thiophene rings is 1. The number of benzene rings is 2. The summed E-state index contributed by atoms with van der Waals surface area (Å²) in [6.45, 7) is 2.26. The van der Waals surface area contributed by atoms with Crippen molar-refractivity contribution in [1.82, 2.24) is 5.32 Å². The van der Waals surface area contributed by atoms with Gasteiger partial charge < -0.3 is 10.2 Å². The van der Waals surface area contributed by atoms with Crippen LogP contribution in [0.15, 0.2) is 60.7 Å². The van der Waals surface area contributed by atoms with Gasteiger partial charge in [-0.15, -0.1) is 11.3 Å². The third kappa shape index (κ3) is 4.10. The van der Waals surface area contributed by atoms with Crippen molar-refractivity contribution < 1.29 is 9.18 Å². The zero-order valence-electron chi connectivity index (χ0n) is 15.0. The molecule has 138 valence electrons. The average molecular weight is 380 g/mol. The number of nitrogens with one attached hydrogen (secondary N) is 1. The fraction of sp³-hybridized carbons (Fsp3) is 0.227. The molecule has 27 heavy (non-hydrogen) atoms. The van der Waals surface area contributed by atoms with Gasteiger partial charge in [0.1, 0.15) is 5.82 Å². The Morgan fingerprint density at radius 3 is 2.74 bits per heavy atom. The van der Waals surface area contributed by atoms with Crippen molar-refractivity contribution in [3.8, 4) is 10.4 Å². The predicted molar refractivity (Wildman–Crippen MR) is 108 cm³/mol. The van der Waals surface area contributed by atoms with Crippen molar-refractivity contribution in [2.45, 2.75) is 25.9 Å². The first-order valence-electron chi connectivity index (χ1n) is 9.14. The molecule has 1 aromatic heterocycles. The molecule has 1 N–H and O–H groups in total. The van der Waals surface area contributed by atoms with Gasteiger partial charge in [-0.1, -0.05) is 30.3 Å². The third-order valence-electron chi connectivity index (χ3n) is 4.72. The van der Waals surface area contributed by atoms with Gasteiger partial charge in [-0.3, -0.25) is 4.79 Å². The molecule has 5 heteroatoms. The van der Waals surface area contributed by atoms with Crippen molar-refractivity contribution in [2.24, 2.45) is 0 Å². The zero-order chi connectivity index (χ0) is 18.6. The van der Waals surface area contributed by atoms with E-state index in [0.29, 0.717) is 12.0 Å². The van der Waals surface area contributed by atoms with E-state index in [1.54, 1.807) is 17.4 Å². The molecule has 0 spiro atoms. The number of halogens is 1. The van der Waals surface area contributed by atoms with Crippen LogP contribution in [0.1, 0.15) is 23.3 Å². The molecule has 0 bridgehead atoms. The van der Waals surface area contributed by atoms with Crippen LogP contribution in [0.4, 0.5) is 10.1 Å². The Balaban J connectivity index is 1.37. The fourth-order valence-corrected chi connectivity index (χ4v) is 4.37. The Morgan fingerprint density at radius 1 is 1.04 bits per heavy atom. The largest absolute Gasteiger partial charge is 0.312 e. The van der Waals surface area contributed by atoms with E-state index in [4.69, 9.17) is 0 Å². The first-order chi connectivity index (χ1) is 13.2. The molecule has 1 aliphatic rings. The molecule has 0 atom stereocenters.